The van der Waals surface area contributed by atoms with Gasteiger partial charge in [0.05, 0.1) is 12.3 Å². The standard InChI is InChI=1S/C17H31N3O/c1-5-9-18-12-16-7-8-17(19-13-16)14-20(10-11-21-4)15(3)6-2/h7-8,13,15,18H,5-6,9-12,14H2,1-4H3. The molecule has 0 fully saturated rings. The molecule has 0 aliphatic rings. The molecule has 1 aromatic rings. The van der Waals surface area contributed by atoms with Crippen molar-refractivity contribution in [3.05, 3.63) is 29.6 Å². The fourth-order valence-electron chi connectivity index (χ4n) is 2.19. The van der Waals surface area contributed by atoms with E-state index in [-0.39, 0.29) is 0 Å². The lowest BCUT2D eigenvalue weighted by Crippen LogP contribution is -2.35. The maximum atomic E-state index is 5.21. The first-order chi connectivity index (χ1) is 10.2. The van der Waals surface area contributed by atoms with Crippen molar-refractivity contribution in [1.82, 2.24) is 15.2 Å². The predicted octanol–water partition coefficient (Wildman–Crippen LogP) is 2.83. The summed E-state index contributed by atoms with van der Waals surface area (Å²) in [5.74, 6) is 0. The molecular formula is C17H31N3O. The Morgan fingerprint density at radius 3 is 2.71 bits per heavy atom. The average Bonchev–Trinajstić information content (AvgIpc) is 2.52. The lowest BCUT2D eigenvalue weighted by molar-refractivity contribution is 0.117. The van der Waals surface area contributed by atoms with E-state index in [1.807, 2.05) is 6.20 Å². The van der Waals surface area contributed by atoms with E-state index in [4.69, 9.17) is 4.74 Å². The van der Waals surface area contributed by atoms with Gasteiger partial charge in [-0.2, -0.15) is 0 Å². The van der Waals surface area contributed by atoms with Crippen molar-refractivity contribution < 1.29 is 4.74 Å². The number of rotatable bonds is 11. The number of nitrogens with zero attached hydrogens (tertiary/aromatic N) is 2. The zero-order chi connectivity index (χ0) is 15.5. The van der Waals surface area contributed by atoms with E-state index >= 15 is 0 Å². The van der Waals surface area contributed by atoms with Gasteiger partial charge >= 0.3 is 0 Å². The number of hydrogen-bond acceptors (Lipinski definition) is 4. The smallest absolute Gasteiger partial charge is 0.0589 e. The SMILES string of the molecule is CCCNCc1ccc(CN(CCOC)C(C)CC)nc1. The van der Waals surface area contributed by atoms with Gasteiger partial charge in [0.15, 0.2) is 0 Å². The van der Waals surface area contributed by atoms with E-state index in [2.05, 4.69) is 48.1 Å². The Kier molecular flexibility index (Phi) is 9.22. The second-order valence-corrected chi connectivity index (χ2v) is 5.56. The zero-order valence-corrected chi connectivity index (χ0v) is 14.1. The number of pyridine rings is 1. The lowest BCUT2D eigenvalue weighted by Gasteiger charge is -2.27. The summed E-state index contributed by atoms with van der Waals surface area (Å²) in [6.07, 6.45) is 4.29. The second-order valence-electron chi connectivity index (χ2n) is 5.56. The van der Waals surface area contributed by atoms with Crippen LogP contribution in [0.1, 0.15) is 44.9 Å². The number of ether oxygens (including phenoxy) is 1. The Hall–Kier alpha value is -0.970. The largest absolute Gasteiger partial charge is 0.383 e. The second kappa shape index (κ2) is 10.7. The minimum Gasteiger partial charge on any atom is -0.383 e. The Morgan fingerprint density at radius 2 is 2.14 bits per heavy atom. The number of nitrogens with one attached hydrogen (secondary N) is 1. The number of hydrogen-bond donors (Lipinski definition) is 1. The van der Waals surface area contributed by atoms with Crippen LogP contribution in [0.15, 0.2) is 18.3 Å². The molecular weight excluding hydrogens is 262 g/mol. The predicted molar refractivity (Wildman–Crippen MR) is 88.3 cm³/mol. The fourth-order valence-corrected chi connectivity index (χ4v) is 2.19. The highest BCUT2D eigenvalue weighted by atomic mass is 16.5. The summed E-state index contributed by atoms with van der Waals surface area (Å²) >= 11 is 0. The van der Waals surface area contributed by atoms with Crippen molar-refractivity contribution in [3.63, 3.8) is 0 Å². The van der Waals surface area contributed by atoms with Gasteiger partial charge in [-0.15, -0.1) is 0 Å². The molecule has 0 saturated heterocycles. The molecule has 1 unspecified atom stereocenters. The van der Waals surface area contributed by atoms with Gasteiger partial charge < -0.3 is 10.1 Å². The van der Waals surface area contributed by atoms with Crippen molar-refractivity contribution in [2.75, 3.05) is 26.8 Å². The molecule has 0 radical (unpaired) electrons. The van der Waals surface area contributed by atoms with Gasteiger partial charge in [0.1, 0.15) is 0 Å². The first-order valence-electron chi connectivity index (χ1n) is 8.08. The zero-order valence-electron chi connectivity index (χ0n) is 14.1. The summed E-state index contributed by atoms with van der Waals surface area (Å²) in [6, 6.07) is 4.87. The Morgan fingerprint density at radius 1 is 1.33 bits per heavy atom. The van der Waals surface area contributed by atoms with Gasteiger partial charge in [-0.25, -0.2) is 0 Å². The van der Waals surface area contributed by atoms with Gasteiger partial charge in [-0.3, -0.25) is 9.88 Å². The minimum atomic E-state index is 0.549. The van der Waals surface area contributed by atoms with Crippen molar-refractivity contribution >= 4 is 0 Å². The van der Waals surface area contributed by atoms with Gasteiger partial charge in [0, 0.05) is 39.0 Å². The van der Waals surface area contributed by atoms with Crippen molar-refractivity contribution in [3.8, 4) is 0 Å². The Balaban J connectivity index is 2.54. The normalized spacial score (nSPS) is 12.8. The van der Waals surface area contributed by atoms with E-state index in [0.717, 1.165) is 51.3 Å². The van der Waals surface area contributed by atoms with E-state index in [9.17, 15) is 0 Å². The highest BCUT2D eigenvalue weighted by molar-refractivity contribution is 5.14. The van der Waals surface area contributed by atoms with Crippen LogP contribution in [0.5, 0.6) is 0 Å². The van der Waals surface area contributed by atoms with Crippen LogP contribution in [0, 0.1) is 0 Å². The molecule has 1 aromatic heterocycles. The third-order valence-corrected chi connectivity index (χ3v) is 3.80. The first-order valence-corrected chi connectivity index (χ1v) is 8.08. The Labute approximate surface area is 129 Å². The molecule has 1 rings (SSSR count). The average molecular weight is 293 g/mol. The van der Waals surface area contributed by atoms with Crippen LogP contribution in [-0.2, 0) is 17.8 Å². The van der Waals surface area contributed by atoms with E-state index in [1.54, 1.807) is 7.11 Å². The summed E-state index contributed by atoms with van der Waals surface area (Å²) in [6.45, 7) is 11.2. The highest BCUT2D eigenvalue weighted by Crippen LogP contribution is 2.09. The quantitative estimate of drug-likeness (QED) is 0.637. The molecule has 0 saturated carbocycles. The fraction of sp³-hybridized carbons (Fsp3) is 0.706. The van der Waals surface area contributed by atoms with E-state index in [1.165, 1.54) is 5.56 Å². The molecule has 0 aliphatic carbocycles. The lowest BCUT2D eigenvalue weighted by atomic mass is 10.2. The molecule has 120 valence electrons. The van der Waals surface area contributed by atoms with Crippen molar-refractivity contribution in [2.45, 2.75) is 52.7 Å². The Bertz CT molecular complexity index is 367. The van der Waals surface area contributed by atoms with Crippen LogP contribution < -0.4 is 5.32 Å². The summed E-state index contributed by atoms with van der Waals surface area (Å²) in [4.78, 5) is 7.03. The summed E-state index contributed by atoms with van der Waals surface area (Å²) < 4.78 is 5.21. The van der Waals surface area contributed by atoms with Gasteiger partial charge in [0.2, 0.25) is 0 Å². The minimum absolute atomic E-state index is 0.549. The van der Waals surface area contributed by atoms with Crippen LogP contribution in [0.4, 0.5) is 0 Å². The molecule has 4 nitrogen and oxygen atoms in total. The molecule has 4 heteroatoms. The maximum Gasteiger partial charge on any atom is 0.0589 e. The van der Waals surface area contributed by atoms with Gasteiger partial charge in [0.25, 0.3) is 0 Å². The first kappa shape index (κ1) is 18.1. The third kappa shape index (κ3) is 7.02. The topological polar surface area (TPSA) is 37.4 Å². The molecule has 1 N–H and O–H groups in total. The number of aromatic nitrogens is 1. The summed E-state index contributed by atoms with van der Waals surface area (Å²) in [7, 11) is 1.76. The van der Waals surface area contributed by atoms with Crippen LogP contribution in [-0.4, -0.2) is 42.7 Å². The van der Waals surface area contributed by atoms with Crippen molar-refractivity contribution in [2.24, 2.45) is 0 Å². The van der Waals surface area contributed by atoms with Crippen LogP contribution in [0.2, 0.25) is 0 Å². The third-order valence-electron chi connectivity index (χ3n) is 3.80. The monoisotopic (exact) mass is 293 g/mol. The summed E-state index contributed by atoms with van der Waals surface area (Å²) in [5, 5.41) is 3.40. The van der Waals surface area contributed by atoms with Gasteiger partial charge in [-0.1, -0.05) is 19.9 Å². The van der Waals surface area contributed by atoms with Crippen LogP contribution in [0.3, 0.4) is 0 Å². The molecule has 0 aliphatic heterocycles. The molecule has 0 spiro atoms. The number of methoxy groups -OCH3 is 1. The molecule has 1 atom stereocenters. The highest BCUT2D eigenvalue weighted by Gasteiger charge is 2.12. The molecule has 0 amide bonds. The molecule has 0 bridgehead atoms. The summed E-state index contributed by atoms with van der Waals surface area (Å²) in [5.41, 5.74) is 2.38. The molecule has 1 heterocycles. The van der Waals surface area contributed by atoms with Crippen LogP contribution in [0.25, 0.3) is 0 Å². The van der Waals surface area contributed by atoms with E-state index < -0.39 is 0 Å². The van der Waals surface area contributed by atoms with Crippen molar-refractivity contribution in [1.29, 1.82) is 0 Å². The van der Waals surface area contributed by atoms with Crippen LogP contribution >= 0.6 is 0 Å². The molecule has 0 aromatic carbocycles. The maximum absolute atomic E-state index is 5.21. The van der Waals surface area contributed by atoms with E-state index in [0.29, 0.717) is 6.04 Å². The van der Waals surface area contributed by atoms with Gasteiger partial charge in [-0.05, 0) is 37.9 Å². The molecule has 21 heavy (non-hydrogen) atoms.